The van der Waals surface area contributed by atoms with Crippen molar-refractivity contribution in [3.8, 4) is 17.6 Å². The van der Waals surface area contributed by atoms with Crippen LogP contribution in [0.25, 0.3) is 0 Å². The maximum atomic E-state index is 13.4. The molecule has 2 aromatic carbocycles. The van der Waals surface area contributed by atoms with Crippen molar-refractivity contribution in [2.75, 3.05) is 7.11 Å². The van der Waals surface area contributed by atoms with Gasteiger partial charge in [-0.25, -0.2) is 4.39 Å². The number of ether oxygens (including phenoxy) is 1. The molecule has 0 radical (unpaired) electrons. The third-order valence-corrected chi connectivity index (χ3v) is 2.55. The van der Waals surface area contributed by atoms with E-state index in [0.717, 1.165) is 5.56 Å². The van der Waals surface area contributed by atoms with Gasteiger partial charge in [-0.3, -0.25) is 0 Å². The fourth-order valence-electron chi connectivity index (χ4n) is 1.53. The molecule has 0 amide bonds. The average molecular weight is 240 g/mol. The zero-order chi connectivity index (χ0) is 13.0. The fraction of sp³-hybridized carbons (Fsp3) is 0.125. The van der Waals surface area contributed by atoms with E-state index in [1.165, 1.54) is 18.7 Å². The Morgan fingerprint density at radius 3 is 2.17 bits per heavy atom. The second kappa shape index (κ2) is 5.37. The third-order valence-electron chi connectivity index (χ3n) is 2.55. The van der Waals surface area contributed by atoms with Gasteiger partial charge in [0, 0.05) is 11.1 Å². The molecule has 0 aliphatic rings. The number of rotatable bonds is 1. The molecule has 0 atom stereocenters. The summed E-state index contributed by atoms with van der Waals surface area (Å²) in [7, 11) is 1.44. The zero-order valence-electron chi connectivity index (χ0n) is 10.3. The Labute approximate surface area is 106 Å². The molecule has 0 aromatic heterocycles. The minimum absolute atomic E-state index is 0.232. The van der Waals surface area contributed by atoms with Gasteiger partial charge in [-0.2, -0.15) is 0 Å². The molecule has 0 saturated heterocycles. The van der Waals surface area contributed by atoms with Crippen molar-refractivity contribution in [2.24, 2.45) is 0 Å². The van der Waals surface area contributed by atoms with Crippen LogP contribution in [-0.2, 0) is 0 Å². The quantitative estimate of drug-likeness (QED) is 0.693. The highest BCUT2D eigenvalue weighted by molar-refractivity contribution is 5.45. The zero-order valence-corrected chi connectivity index (χ0v) is 10.3. The first-order chi connectivity index (χ1) is 8.69. The van der Waals surface area contributed by atoms with E-state index in [1.54, 1.807) is 12.1 Å². The summed E-state index contributed by atoms with van der Waals surface area (Å²) in [5.74, 6) is 5.76. The van der Waals surface area contributed by atoms with Gasteiger partial charge in [0.1, 0.15) is 0 Å². The van der Waals surface area contributed by atoms with E-state index in [0.29, 0.717) is 5.56 Å². The third kappa shape index (κ3) is 2.89. The van der Waals surface area contributed by atoms with E-state index in [1.807, 2.05) is 31.2 Å². The maximum Gasteiger partial charge on any atom is 0.166 e. The maximum absolute atomic E-state index is 13.4. The molecule has 18 heavy (non-hydrogen) atoms. The second-order valence-electron chi connectivity index (χ2n) is 3.97. The molecule has 0 unspecified atom stereocenters. The van der Waals surface area contributed by atoms with Gasteiger partial charge in [-0.05, 0) is 37.3 Å². The van der Waals surface area contributed by atoms with E-state index in [2.05, 4.69) is 11.8 Å². The van der Waals surface area contributed by atoms with Gasteiger partial charge < -0.3 is 4.74 Å². The lowest BCUT2D eigenvalue weighted by atomic mass is 10.1. The Morgan fingerprint density at radius 2 is 1.56 bits per heavy atom. The molecule has 0 aliphatic heterocycles. The summed E-state index contributed by atoms with van der Waals surface area (Å²) >= 11 is 0. The van der Waals surface area contributed by atoms with Crippen molar-refractivity contribution in [1.82, 2.24) is 0 Å². The van der Waals surface area contributed by atoms with Gasteiger partial charge in [-0.15, -0.1) is 0 Å². The molecule has 0 fully saturated rings. The van der Waals surface area contributed by atoms with Crippen LogP contribution in [0.1, 0.15) is 16.7 Å². The summed E-state index contributed by atoms with van der Waals surface area (Å²) in [5, 5.41) is 0. The lowest BCUT2D eigenvalue weighted by molar-refractivity contribution is 0.386. The van der Waals surface area contributed by atoms with Crippen LogP contribution in [0.5, 0.6) is 5.75 Å². The standard InChI is InChI=1S/C16H13FO/c1-12-3-5-13(6-4-12)7-8-14-9-10-16(18-2)15(17)11-14/h3-6,9-11H,1-2H3. The highest BCUT2D eigenvalue weighted by Crippen LogP contribution is 2.17. The first kappa shape index (κ1) is 12.2. The molecular formula is C16H13FO. The molecule has 0 N–H and O–H groups in total. The predicted molar refractivity (Wildman–Crippen MR) is 70.1 cm³/mol. The molecular weight excluding hydrogens is 227 g/mol. The molecule has 2 aromatic rings. The van der Waals surface area contributed by atoms with Crippen LogP contribution >= 0.6 is 0 Å². The lowest BCUT2D eigenvalue weighted by Crippen LogP contribution is -1.88. The van der Waals surface area contributed by atoms with Crippen LogP contribution in [0.4, 0.5) is 4.39 Å². The fourth-order valence-corrected chi connectivity index (χ4v) is 1.53. The summed E-state index contributed by atoms with van der Waals surface area (Å²) in [4.78, 5) is 0. The molecule has 0 saturated carbocycles. The Bertz CT molecular complexity index is 603. The summed E-state index contributed by atoms with van der Waals surface area (Å²) < 4.78 is 18.3. The molecule has 0 heterocycles. The van der Waals surface area contributed by atoms with Crippen LogP contribution in [0.2, 0.25) is 0 Å². The van der Waals surface area contributed by atoms with Crippen LogP contribution in [-0.4, -0.2) is 7.11 Å². The highest BCUT2D eigenvalue weighted by Gasteiger charge is 2.01. The van der Waals surface area contributed by atoms with Crippen LogP contribution in [0.3, 0.4) is 0 Å². The average Bonchev–Trinajstić information content (AvgIpc) is 2.38. The van der Waals surface area contributed by atoms with Crippen LogP contribution in [0.15, 0.2) is 42.5 Å². The summed E-state index contributed by atoms with van der Waals surface area (Å²) in [6, 6.07) is 12.6. The van der Waals surface area contributed by atoms with Gasteiger partial charge in [0.15, 0.2) is 11.6 Å². The first-order valence-corrected chi connectivity index (χ1v) is 5.61. The largest absolute Gasteiger partial charge is 0.494 e. The summed E-state index contributed by atoms with van der Waals surface area (Å²) in [5.41, 5.74) is 2.74. The summed E-state index contributed by atoms with van der Waals surface area (Å²) in [6.07, 6.45) is 0. The SMILES string of the molecule is COc1ccc(C#Cc2ccc(C)cc2)cc1F. The van der Waals surface area contributed by atoms with Gasteiger partial charge in [0.2, 0.25) is 0 Å². The Hall–Kier alpha value is -2.27. The van der Waals surface area contributed by atoms with Crippen molar-refractivity contribution >= 4 is 0 Å². The molecule has 2 rings (SSSR count). The molecule has 2 heteroatoms. The lowest BCUT2D eigenvalue weighted by Gasteiger charge is -2.00. The van der Waals surface area contributed by atoms with Gasteiger partial charge in [-0.1, -0.05) is 29.5 Å². The van der Waals surface area contributed by atoms with Crippen molar-refractivity contribution < 1.29 is 9.13 Å². The normalized spacial score (nSPS) is 9.50. The minimum Gasteiger partial charge on any atom is -0.494 e. The number of hydrogen-bond donors (Lipinski definition) is 0. The summed E-state index contributed by atoms with van der Waals surface area (Å²) in [6.45, 7) is 2.02. The molecule has 0 bridgehead atoms. The molecule has 1 nitrogen and oxygen atoms in total. The van der Waals surface area contributed by atoms with E-state index in [9.17, 15) is 4.39 Å². The van der Waals surface area contributed by atoms with E-state index >= 15 is 0 Å². The monoisotopic (exact) mass is 240 g/mol. The Kier molecular flexibility index (Phi) is 3.64. The Morgan fingerprint density at radius 1 is 0.944 bits per heavy atom. The van der Waals surface area contributed by atoms with Crippen molar-refractivity contribution in [3.05, 3.63) is 65.0 Å². The molecule has 0 aliphatic carbocycles. The van der Waals surface area contributed by atoms with Crippen LogP contribution in [0, 0.1) is 24.6 Å². The molecule has 0 spiro atoms. The second-order valence-corrected chi connectivity index (χ2v) is 3.97. The van der Waals surface area contributed by atoms with Crippen molar-refractivity contribution in [1.29, 1.82) is 0 Å². The number of hydrogen-bond acceptors (Lipinski definition) is 1. The van der Waals surface area contributed by atoms with Gasteiger partial charge in [0.25, 0.3) is 0 Å². The smallest absolute Gasteiger partial charge is 0.166 e. The number of aryl methyl sites for hydroxylation is 1. The topological polar surface area (TPSA) is 9.23 Å². The van der Waals surface area contributed by atoms with E-state index in [4.69, 9.17) is 4.74 Å². The van der Waals surface area contributed by atoms with Gasteiger partial charge >= 0.3 is 0 Å². The predicted octanol–water partition coefficient (Wildman–Crippen LogP) is 3.54. The highest BCUT2D eigenvalue weighted by atomic mass is 19.1. The van der Waals surface area contributed by atoms with E-state index < -0.39 is 5.82 Å². The van der Waals surface area contributed by atoms with E-state index in [-0.39, 0.29) is 5.75 Å². The number of halogens is 1. The Balaban J connectivity index is 2.24. The number of methoxy groups -OCH3 is 1. The number of benzene rings is 2. The van der Waals surface area contributed by atoms with Crippen LogP contribution < -0.4 is 4.74 Å². The van der Waals surface area contributed by atoms with Gasteiger partial charge in [0.05, 0.1) is 7.11 Å². The molecule has 90 valence electrons. The van der Waals surface area contributed by atoms with Crippen molar-refractivity contribution in [3.63, 3.8) is 0 Å². The minimum atomic E-state index is -0.395. The van der Waals surface area contributed by atoms with Crippen molar-refractivity contribution in [2.45, 2.75) is 6.92 Å². The first-order valence-electron chi connectivity index (χ1n) is 5.61.